The molecule has 1 aliphatic rings. The summed E-state index contributed by atoms with van der Waals surface area (Å²) in [5, 5.41) is 14.3. The van der Waals surface area contributed by atoms with E-state index in [0.717, 1.165) is 63.2 Å². The summed E-state index contributed by atoms with van der Waals surface area (Å²) in [5.41, 5.74) is 14.3. The highest BCUT2D eigenvalue weighted by molar-refractivity contribution is 5.98. The third-order valence-electron chi connectivity index (χ3n) is 7.40. The molecule has 7 nitrogen and oxygen atoms in total. The van der Waals surface area contributed by atoms with E-state index in [1.165, 1.54) is 12.0 Å². The zero-order chi connectivity index (χ0) is 24.3. The number of nitrogens with two attached hydrogens (primary N) is 1. The van der Waals surface area contributed by atoms with Gasteiger partial charge in [0.15, 0.2) is 11.5 Å². The smallest absolute Gasteiger partial charge is 0.171 e. The molecule has 0 bridgehead atoms. The fraction of sp³-hybridized carbons (Fsp3) is 0.172. The van der Waals surface area contributed by atoms with Crippen molar-refractivity contribution in [1.82, 2.24) is 29.4 Å². The van der Waals surface area contributed by atoms with Gasteiger partial charge in [0.1, 0.15) is 0 Å². The van der Waals surface area contributed by atoms with Crippen molar-refractivity contribution in [2.45, 2.75) is 24.8 Å². The first-order valence-electron chi connectivity index (χ1n) is 12.2. The average Bonchev–Trinajstić information content (AvgIpc) is 3.53. The number of hydrogen-bond acceptors (Lipinski definition) is 5. The average molecular weight is 472 g/mol. The van der Waals surface area contributed by atoms with E-state index in [2.05, 4.69) is 69.9 Å². The highest BCUT2D eigenvalue weighted by atomic mass is 15.3. The molecule has 7 rings (SSSR count). The minimum atomic E-state index is -0.178. The van der Waals surface area contributed by atoms with E-state index in [-0.39, 0.29) is 5.54 Å². The monoisotopic (exact) mass is 471 g/mol. The summed E-state index contributed by atoms with van der Waals surface area (Å²) in [4.78, 5) is 5.16. The molecule has 4 aromatic heterocycles. The Morgan fingerprint density at radius 2 is 1.69 bits per heavy atom. The number of pyridine rings is 2. The Kier molecular flexibility index (Phi) is 4.56. The van der Waals surface area contributed by atoms with Gasteiger partial charge in [-0.2, -0.15) is 5.10 Å². The van der Waals surface area contributed by atoms with Crippen molar-refractivity contribution in [2.75, 3.05) is 0 Å². The molecule has 0 spiro atoms. The van der Waals surface area contributed by atoms with Crippen LogP contribution in [0, 0.1) is 0 Å². The molecule has 1 saturated carbocycles. The fourth-order valence-corrected chi connectivity index (χ4v) is 5.19. The number of benzene rings is 2. The Hall–Kier alpha value is -4.36. The molecule has 0 aliphatic heterocycles. The summed E-state index contributed by atoms with van der Waals surface area (Å²) < 4.78 is 3.77. The van der Waals surface area contributed by atoms with Crippen molar-refractivity contribution >= 4 is 16.6 Å². The van der Waals surface area contributed by atoms with Gasteiger partial charge < -0.3 is 5.73 Å². The second-order valence-corrected chi connectivity index (χ2v) is 9.71. The molecular formula is C29H25N7. The lowest BCUT2D eigenvalue weighted by molar-refractivity contribution is 0.253. The Bertz CT molecular complexity index is 1730. The maximum Gasteiger partial charge on any atom is 0.171 e. The van der Waals surface area contributed by atoms with E-state index in [4.69, 9.17) is 10.7 Å². The van der Waals surface area contributed by atoms with Gasteiger partial charge >= 0.3 is 0 Å². The summed E-state index contributed by atoms with van der Waals surface area (Å²) in [5.74, 6) is 0.757. The number of fused-ring (bicyclic) bond motifs is 3. The van der Waals surface area contributed by atoms with E-state index in [1.807, 2.05) is 36.0 Å². The van der Waals surface area contributed by atoms with Crippen LogP contribution >= 0.6 is 0 Å². The molecule has 176 valence electrons. The number of aromatic nitrogens is 6. The predicted octanol–water partition coefficient (Wildman–Crippen LogP) is 5.35. The lowest BCUT2D eigenvalue weighted by Crippen LogP contribution is -2.43. The lowest BCUT2D eigenvalue weighted by Gasteiger charge is -2.38. The lowest BCUT2D eigenvalue weighted by atomic mass is 9.72. The van der Waals surface area contributed by atoms with Crippen LogP contribution in [-0.2, 0) is 12.6 Å². The summed E-state index contributed by atoms with van der Waals surface area (Å²) in [6.45, 7) is 0. The van der Waals surface area contributed by atoms with Crippen molar-refractivity contribution in [2.24, 2.45) is 12.8 Å². The van der Waals surface area contributed by atoms with Gasteiger partial charge in [-0.15, -0.1) is 10.2 Å². The quantitative estimate of drug-likeness (QED) is 0.375. The highest BCUT2D eigenvalue weighted by Crippen LogP contribution is 2.40. The zero-order valence-corrected chi connectivity index (χ0v) is 20.0. The molecular weight excluding hydrogens is 446 g/mol. The van der Waals surface area contributed by atoms with E-state index in [0.29, 0.717) is 0 Å². The van der Waals surface area contributed by atoms with Crippen molar-refractivity contribution in [1.29, 1.82) is 0 Å². The molecule has 2 N–H and O–H groups in total. The second-order valence-electron chi connectivity index (χ2n) is 9.71. The van der Waals surface area contributed by atoms with Gasteiger partial charge in [-0.05, 0) is 42.5 Å². The molecule has 0 unspecified atom stereocenters. The first-order valence-corrected chi connectivity index (χ1v) is 12.2. The minimum Gasteiger partial charge on any atom is -0.321 e. The van der Waals surface area contributed by atoms with Crippen molar-refractivity contribution in [3.63, 3.8) is 0 Å². The molecule has 0 amide bonds. The van der Waals surface area contributed by atoms with Crippen molar-refractivity contribution in [3.8, 4) is 33.8 Å². The molecule has 7 heteroatoms. The minimum absolute atomic E-state index is 0.178. The first kappa shape index (κ1) is 21.0. The van der Waals surface area contributed by atoms with E-state index in [9.17, 15) is 0 Å². The van der Waals surface area contributed by atoms with Gasteiger partial charge in [0.2, 0.25) is 0 Å². The van der Waals surface area contributed by atoms with Gasteiger partial charge in [0.05, 0.1) is 23.0 Å². The van der Waals surface area contributed by atoms with E-state index < -0.39 is 0 Å². The van der Waals surface area contributed by atoms with Gasteiger partial charge in [0, 0.05) is 41.5 Å². The molecule has 36 heavy (non-hydrogen) atoms. The number of nitrogens with zero attached hydrogens (tertiary/aromatic N) is 6. The molecule has 1 fully saturated rings. The van der Waals surface area contributed by atoms with Crippen LogP contribution in [0.5, 0.6) is 0 Å². The van der Waals surface area contributed by atoms with Crippen LogP contribution in [0.3, 0.4) is 0 Å². The molecule has 2 aromatic carbocycles. The van der Waals surface area contributed by atoms with Crippen LogP contribution in [0.25, 0.3) is 50.3 Å². The third kappa shape index (κ3) is 3.24. The van der Waals surface area contributed by atoms with Crippen LogP contribution in [-0.4, -0.2) is 29.4 Å². The largest absolute Gasteiger partial charge is 0.321 e. The first-order chi connectivity index (χ1) is 17.6. The molecule has 6 aromatic rings. The highest BCUT2D eigenvalue weighted by Gasteiger charge is 2.34. The Morgan fingerprint density at radius 3 is 2.39 bits per heavy atom. The van der Waals surface area contributed by atoms with Gasteiger partial charge in [0.25, 0.3) is 0 Å². The van der Waals surface area contributed by atoms with Crippen LogP contribution < -0.4 is 5.73 Å². The van der Waals surface area contributed by atoms with Gasteiger partial charge in [-0.3, -0.25) is 9.08 Å². The second kappa shape index (κ2) is 7.83. The standard InChI is InChI=1S/C29H25N7/c1-35-18-21(17-31-35)27-33-34-28-24-16-23(19-6-3-2-4-7-19)26(32-25(24)12-15-36(27)28)20-8-10-22(11-9-20)29(30)13-5-14-29/h2-4,6-12,15-18H,5,13-14,30H2,1H3. The normalized spacial score (nSPS) is 14.8. The molecule has 0 saturated heterocycles. The number of hydrogen-bond donors (Lipinski definition) is 1. The predicted molar refractivity (Wildman–Crippen MR) is 141 cm³/mol. The summed E-state index contributed by atoms with van der Waals surface area (Å²) in [6.07, 6.45) is 9.02. The molecule has 0 radical (unpaired) electrons. The molecule has 1 aliphatic carbocycles. The fourth-order valence-electron chi connectivity index (χ4n) is 5.19. The van der Waals surface area contributed by atoms with Crippen LogP contribution in [0.15, 0.2) is 85.3 Å². The third-order valence-corrected chi connectivity index (χ3v) is 7.40. The maximum atomic E-state index is 6.57. The van der Waals surface area contributed by atoms with Crippen LogP contribution in [0.1, 0.15) is 24.8 Å². The molecule has 0 atom stereocenters. The summed E-state index contributed by atoms with van der Waals surface area (Å²) in [6, 6.07) is 23.2. The maximum absolute atomic E-state index is 6.57. The number of aryl methyl sites for hydroxylation is 1. The SMILES string of the molecule is Cn1cc(-c2nnc3c4cc(-c5ccccc5)c(-c5ccc(C6(N)CCC6)cc5)nc4ccn23)cn1. The van der Waals surface area contributed by atoms with Crippen molar-refractivity contribution < 1.29 is 0 Å². The molecule has 4 heterocycles. The van der Waals surface area contributed by atoms with Crippen LogP contribution in [0.4, 0.5) is 0 Å². The van der Waals surface area contributed by atoms with Gasteiger partial charge in [-0.25, -0.2) is 4.98 Å². The Balaban J connectivity index is 1.42. The number of rotatable bonds is 4. The summed E-state index contributed by atoms with van der Waals surface area (Å²) in [7, 11) is 1.89. The van der Waals surface area contributed by atoms with E-state index in [1.54, 1.807) is 10.9 Å². The van der Waals surface area contributed by atoms with Crippen molar-refractivity contribution in [3.05, 3.63) is 90.9 Å². The Morgan fingerprint density at radius 1 is 0.889 bits per heavy atom. The van der Waals surface area contributed by atoms with Crippen LogP contribution in [0.2, 0.25) is 0 Å². The topological polar surface area (TPSA) is 86.9 Å². The Labute approximate surface area is 208 Å². The zero-order valence-electron chi connectivity index (χ0n) is 20.0. The van der Waals surface area contributed by atoms with E-state index >= 15 is 0 Å². The summed E-state index contributed by atoms with van der Waals surface area (Å²) >= 11 is 0. The van der Waals surface area contributed by atoms with Gasteiger partial charge in [-0.1, -0.05) is 54.6 Å².